The van der Waals surface area contributed by atoms with Crippen molar-refractivity contribution in [3.63, 3.8) is 0 Å². The number of thiazole rings is 1. The summed E-state index contributed by atoms with van der Waals surface area (Å²) in [6.07, 6.45) is 0.199. The minimum atomic E-state index is -0.296. The lowest BCUT2D eigenvalue weighted by Crippen LogP contribution is -2.07. The van der Waals surface area contributed by atoms with Crippen LogP contribution in [0, 0.1) is 0 Å². The van der Waals surface area contributed by atoms with Gasteiger partial charge in [0, 0.05) is 10.3 Å². The Morgan fingerprint density at radius 1 is 1.91 bits per heavy atom. The van der Waals surface area contributed by atoms with Gasteiger partial charge in [-0.3, -0.25) is 9.78 Å². The summed E-state index contributed by atoms with van der Waals surface area (Å²) in [7, 11) is 6.70. The van der Waals surface area contributed by atoms with Crippen LogP contribution in [0.5, 0.6) is 0 Å². The van der Waals surface area contributed by atoms with E-state index in [0.29, 0.717) is 10.6 Å². The molecule has 0 unspecified atom stereocenters. The standard InChI is InChI=1S/C6H6BNO2S/c1-10-5(9)2-4-3-11-6(7)8-4/h3H,2H2,1H3. The molecule has 11 heavy (non-hydrogen) atoms. The molecule has 0 aliphatic heterocycles. The highest BCUT2D eigenvalue weighted by Gasteiger charge is 2.04. The van der Waals surface area contributed by atoms with Gasteiger partial charge in [-0.1, -0.05) is 0 Å². The molecule has 2 radical (unpaired) electrons. The minimum absolute atomic E-state index is 0.199. The van der Waals surface area contributed by atoms with Gasteiger partial charge in [0.2, 0.25) is 0 Å². The maximum atomic E-state index is 10.7. The van der Waals surface area contributed by atoms with E-state index in [1.807, 2.05) is 0 Å². The lowest BCUT2D eigenvalue weighted by molar-refractivity contribution is -0.139. The zero-order valence-electron chi connectivity index (χ0n) is 6.03. The smallest absolute Gasteiger partial charge is 0.311 e. The van der Waals surface area contributed by atoms with Crippen molar-refractivity contribution in [2.24, 2.45) is 0 Å². The highest BCUT2D eigenvalue weighted by Crippen LogP contribution is 1.99. The van der Waals surface area contributed by atoms with Crippen molar-refractivity contribution in [1.82, 2.24) is 4.98 Å². The van der Waals surface area contributed by atoms with Crippen LogP contribution in [0.1, 0.15) is 5.69 Å². The number of rotatable bonds is 2. The second-order valence-electron chi connectivity index (χ2n) is 1.93. The van der Waals surface area contributed by atoms with Crippen LogP contribution >= 0.6 is 11.3 Å². The molecule has 1 aromatic heterocycles. The Labute approximate surface area is 69.8 Å². The van der Waals surface area contributed by atoms with Crippen molar-refractivity contribution in [2.45, 2.75) is 6.42 Å². The van der Waals surface area contributed by atoms with E-state index in [2.05, 4.69) is 9.72 Å². The summed E-state index contributed by atoms with van der Waals surface area (Å²) in [5.74, 6) is -0.296. The number of esters is 1. The van der Waals surface area contributed by atoms with Crippen LogP contribution in [0.2, 0.25) is 0 Å². The number of hydrogen-bond donors (Lipinski definition) is 0. The maximum Gasteiger partial charge on any atom is 0.311 e. The van der Waals surface area contributed by atoms with Crippen molar-refractivity contribution < 1.29 is 9.53 Å². The van der Waals surface area contributed by atoms with Gasteiger partial charge >= 0.3 is 5.97 Å². The van der Waals surface area contributed by atoms with E-state index >= 15 is 0 Å². The summed E-state index contributed by atoms with van der Waals surface area (Å²) in [5, 5.41) is 1.74. The first kappa shape index (κ1) is 8.26. The normalized spacial score (nSPS) is 9.55. The van der Waals surface area contributed by atoms with Gasteiger partial charge in [0.05, 0.1) is 19.2 Å². The van der Waals surface area contributed by atoms with Gasteiger partial charge in [-0.15, -0.1) is 11.3 Å². The predicted molar refractivity (Wildman–Crippen MR) is 43.2 cm³/mol. The van der Waals surface area contributed by atoms with Gasteiger partial charge in [-0.05, 0) is 0 Å². The summed E-state index contributed by atoms with van der Waals surface area (Å²) < 4.78 is 4.45. The number of methoxy groups -OCH3 is 1. The zero-order valence-corrected chi connectivity index (χ0v) is 6.85. The average Bonchev–Trinajstić information content (AvgIpc) is 2.35. The number of nitrogens with zero attached hydrogens (tertiary/aromatic N) is 1. The van der Waals surface area contributed by atoms with Crippen molar-refractivity contribution in [3.05, 3.63) is 11.1 Å². The van der Waals surface area contributed by atoms with Crippen LogP contribution in [-0.2, 0) is 16.0 Å². The van der Waals surface area contributed by atoms with Crippen molar-refractivity contribution in [2.75, 3.05) is 7.11 Å². The molecule has 5 heteroatoms. The largest absolute Gasteiger partial charge is 0.469 e. The molecule has 0 spiro atoms. The molecule has 3 nitrogen and oxygen atoms in total. The van der Waals surface area contributed by atoms with Gasteiger partial charge in [-0.2, -0.15) is 0 Å². The second kappa shape index (κ2) is 3.53. The third-order valence-electron chi connectivity index (χ3n) is 1.12. The van der Waals surface area contributed by atoms with Crippen LogP contribution in [-0.4, -0.2) is 25.9 Å². The van der Waals surface area contributed by atoms with Crippen LogP contribution in [0.4, 0.5) is 0 Å². The Balaban J connectivity index is 2.57. The van der Waals surface area contributed by atoms with E-state index in [-0.39, 0.29) is 12.4 Å². The molecule has 56 valence electrons. The predicted octanol–water partition coefficient (Wildman–Crippen LogP) is -0.348. The van der Waals surface area contributed by atoms with Gasteiger partial charge < -0.3 is 4.74 Å². The molecule has 0 N–H and O–H groups in total. The third kappa shape index (κ3) is 2.34. The van der Waals surface area contributed by atoms with E-state index < -0.39 is 0 Å². The van der Waals surface area contributed by atoms with Crippen LogP contribution in [0.15, 0.2) is 5.38 Å². The fourth-order valence-corrected chi connectivity index (χ4v) is 1.19. The van der Waals surface area contributed by atoms with Gasteiger partial charge in [0.25, 0.3) is 0 Å². The molecule has 0 bridgehead atoms. The molecular weight excluding hydrogens is 161 g/mol. The molecule has 0 aliphatic carbocycles. The van der Waals surface area contributed by atoms with Crippen molar-refractivity contribution in [1.29, 1.82) is 0 Å². The number of carbonyl (C=O) groups is 1. The first-order valence-corrected chi connectivity index (χ1v) is 3.87. The highest BCUT2D eigenvalue weighted by atomic mass is 32.1. The lowest BCUT2D eigenvalue weighted by atomic mass is 10.2. The summed E-state index contributed by atoms with van der Waals surface area (Å²) in [4.78, 5) is 15.1. The Bertz CT molecular complexity index is 261. The molecule has 0 fully saturated rings. The van der Waals surface area contributed by atoms with Gasteiger partial charge in [0.1, 0.15) is 0 Å². The minimum Gasteiger partial charge on any atom is -0.469 e. The maximum absolute atomic E-state index is 10.7. The van der Waals surface area contributed by atoms with E-state index in [1.165, 1.54) is 18.4 Å². The highest BCUT2D eigenvalue weighted by molar-refractivity contribution is 7.17. The van der Waals surface area contributed by atoms with E-state index in [4.69, 9.17) is 7.85 Å². The lowest BCUT2D eigenvalue weighted by Gasteiger charge is -1.93. The molecule has 0 aliphatic rings. The molecule has 0 saturated heterocycles. The molecule has 0 saturated carbocycles. The molecule has 0 atom stereocenters. The molecule has 1 rings (SSSR count). The third-order valence-corrected chi connectivity index (χ3v) is 1.85. The first-order valence-electron chi connectivity index (χ1n) is 2.99. The van der Waals surface area contributed by atoms with E-state index in [9.17, 15) is 4.79 Å². The summed E-state index contributed by atoms with van der Waals surface area (Å²) >= 11 is 1.32. The monoisotopic (exact) mass is 167 g/mol. The summed E-state index contributed by atoms with van der Waals surface area (Å²) in [5.41, 5.74) is 0.666. The van der Waals surface area contributed by atoms with Gasteiger partial charge in [-0.25, -0.2) is 0 Å². The van der Waals surface area contributed by atoms with Crippen LogP contribution in [0.25, 0.3) is 0 Å². The van der Waals surface area contributed by atoms with Crippen molar-refractivity contribution in [3.8, 4) is 0 Å². The Hall–Kier alpha value is -0.835. The zero-order chi connectivity index (χ0) is 8.27. The summed E-state index contributed by atoms with van der Waals surface area (Å²) in [6, 6.07) is 0. The number of hydrogen-bond acceptors (Lipinski definition) is 4. The number of aromatic nitrogens is 1. The fourth-order valence-electron chi connectivity index (χ4n) is 0.624. The molecule has 1 aromatic rings. The van der Waals surface area contributed by atoms with E-state index in [1.54, 1.807) is 5.38 Å². The molecule has 1 heterocycles. The number of ether oxygens (including phenoxy) is 1. The fraction of sp³-hybridized carbons (Fsp3) is 0.333. The molecule has 0 aromatic carbocycles. The first-order chi connectivity index (χ1) is 5.22. The van der Waals surface area contributed by atoms with Gasteiger partial charge in [0.15, 0.2) is 7.85 Å². The quantitative estimate of drug-likeness (QED) is 0.446. The van der Waals surface area contributed by atoms with Crippen LogP contribution in [0.3, 0.4) is 0 Å². The van der Waals surface area contributed by atoms with Crippen molar-refractivity contribution >= 4 is 30.1 Å². The Morgan fingerprint density at radius 2 is 2.64 bits per heavy atom. The molecule has 0 amide bonds. The second-order valence-corrected chi connectivity index (χ2v) is 2.82. The topological polar surface area (TPSA) is 39.2 Å². The Morgan fingerprint density at radius 3 is 3.09 bits per heavy atom. The summed E-state index contributed by atoms with van der Waals surface area (Å²) in [6.45, 7) is 0. The van der Waals surface area contributed by atoms with E-state index in [0.717, 1.165) is 0 Å². The average molecular weight is 167 g/mol. The SMILES string of the molecule is [B]c1nc(CC(=O)OC)cs1. The Kier molecular flexibility index (Phi) is 2.65. The van der Waals surface area contributed by atoms with Crippen LogP contribution < -0.4 is 4.91 Å². The molecular formula is C6H6BNO2S. The number of carbonyl (C=O) groups excluding carboxylic acids is 1.